The van der Waals surface area contributed by atoms with Crippen molar-refractivity contribution < 1.29 is 29.0 Å². The van der Waals surface area contributed by atoms with Crippen LogP contribution in [0, 0.1) is 11.8 Å². The van der Waals surface area contributed by atoms with Crippen LogP contribution in [0.4, 0.5) is 0 Å². The average molecular weight is 389 g/mol. The third kappa shape index (κ3) is 4.13. The van der Waals surface area contributed by atoms with Crippen molar-refractivity contribution >= 4 is 17.7 Å². The van der Waals surface area contributed by atoms with Crippen LogP contribution >= 0.6 is 0 Å². The number of hydrogen-bond acceptors (Lipinski definition) is 5. The molecule has 152 valence electrons. The van der Waals surface area contributed by atoms with E-state index in [2.05, 4.69) is 0 Å². The molecule has 3 rings (SSSR count). The summed E-state index contributed by atoms with van der Waals surface area (Å²) >= 11 is 0. The van der Waals surface area contributed by atoms with Crippen LogP contribution in [0.5, 0.6) is 11.5 Å². The van der Waals surface area contributed by atoms with Gasteiger partial charge in [0.15, 0.2) is 17.3 Å². The molecule has 28 heavy (non-hydrogen) atoms. The van der Waals surface area contributed by atoms with Gasteiger partial charge in [-0.15, -0.1) is 0 Å². The quantitative estimate of drug-likeness (QED) is 0.543. The minimum Gasteiger partial charge on any atom is -0.493 e. The van der Waals surface area contributed by atoms with Crippen LogP contribution in [-0.4, -0.2) is 54.0 Å². The number of carboxylic acids is 1. The first-order chi connectivity index (χ1) is 13.4. The van der Waals surface area contributed by atoms with Gasteiger partial charge in [0.2, 0.25) is 5.91 Å². The molecule has 7 heteroatoms. The highest BCUT2D eigenvalue weighted by Crippen LogP contribution is 2.42. The van der Waals surface area contributed by atoms with Crippen molar-refractivity contribution in [3.8, 4) is 11.5 Å². The van der Waals surface area contributed by atoms with Crippen LogP contribution in [0.3, 0.4) is 0 Å². The summed E-state index contributed by atoms with van der Waals surface area (Å²) in [6, 6.07) is 4.30. The number of carbonyl (C=O) groups excluding carboxylic acids is 2. The molecule has 1 saturated carbocycles. The zero-order valence-electron chi connectivity index (χ0n) is 16.3. The lowest BCUT2D eigenvalue weighted by molar-refractivity contribution is -0.149. The number of Topliss-reactive ketones (excluding diaryl/α,β-unsaturated/α-hetero) is 1. The van der Waals surface area contributed by atoms with E-state index in [0.29, 0.717) is 42.6 Å². The van der Waals surface area contributed by atoms with Crippen molar-refractivity contribution in [3.63, 3.8) is 0 Å². The molecule has 1 N–H and O–H groups in total. The third-order valence-corrected chi connectivity index (χ3v) is 5.83. The molecular weight excluding hydrogens is 362 g/mol. The van der Waals surface area contributed by atoms with Gasteiger partial charge in [0.25, 0.3) is 0 Å². The van der Waals surface area contributed by atoms with E-state index in [0.717, 1.165) is 19.3 Å². The summed E-state index contributed by atoms with van der Waals surface area (Å²) in [6.45, 7) is 2.35. The Labute approximate surface area is 164 Å². The van der Waals surface area contributed by atoms with Crippen molar-refractivity contribution in [2.45, 2.75) is 45.1 Å². The van der Waals surface area contributed by atoms with Gasteiger partial charge in [-0.05, 0) is 56.2 Å². The zero-order chi connectivity index (χ0) is 20.3. The van der Waals surface area contributed by atoms with E-state index in [4.69, 9.17) is 9.47 Å². The number of aliphatic carboxylic acids is 1. The van der Waals surface area contributed by atoms with Crippen molar-refractivity contribution in [2.75, 3.05) is 20.3 Å². The molecule has 0 spiro atoms. The predicted octanol–water partition coefficient (Wildman–Crippen LogP) is 2.77. The van der Waals surface area contributed by atoms with E-state index in [9.17, 15) is 19.5 Å². The number of ether oxygens (including phenoxy) is 2. The molecule has 2 fully saturated rings. The normalized spacial score (nSPS) is 23.4. The molecule has 1 amide bonds. The number of amides is 1. The van der Waals surface area contributed by atoms with E-state index in [-0.39, 0.29) is 24.0 Å². The fraction of sp³-hybridized carbons (Fsp3) is 0.571. The molecule has 1 heterocycles. The Morgan fingerprint density at radius 3 is 2.68 bits per heavy atom. The van der Waals surface area contributed by atoms with Crippen LogP contribution in [-0.2, 0) is 9.59 Å². The minimum atomic E-state index is -0.894. The molecule has 1 aromatic rings. The third-order valence-electron chi connectivity index (χ3n) is 5.83. The monoisotopic (exact) mass is 389 g/mol. The number of carbonyl (C=O) groups is 3. The summed E-state index contributed by atoms with van der Waals surface area (Å²) in [5.41, 5.74) is 0.540. The number of hydrogen-bond donors (Lipinski definition) is 1. The van der Waals surface area contributed by atoms with Gasteiger partial charge in [0.1, 0.15) is 6.04 Å². The van der Waals surface area contributed by atoms with E-state index in [1.165, 1.54) is 14.0 Å². The first-order valence-electron chi connectivity index (χ1n) is 9.76. The van der Waals surface area contributed by atoms with Crippen molar-refractivity contribution in [1.29, 1.82) is 0 Å². The molecule has 1 aliphatic carbocycles. The Balaban J connectivity index is 1.52. The van der Waals surface area contributed by atoms with Gasteiger partial charge in [-0.1, -0.05) is 6.42 Å². The first kappa shape index (κ1) is 20.2. The lowest BCUT2D eigenvalue weighted by Crippen LogP contribution is -2.43. The summed E-state index contributed by atoms with van der Waals surface area (Å²) < 4.78 is 11.0. The second kappa shape index (κ2) is 8.63. The van der Waals surface area contributed by atoms with Crippen LogP contribution in [0.25, 0.3) is 0 Å². The van der Waals surface area contributed by atoms with E-state index in [1.54, 1.807) is 23.1 Å². The number of benzene rings is 1. The second-order valence-corrected chi connectivity index (χ2v) is 7.56. The van der Waals surface area contributed by atoms with Crippen molar-refractivity contribution in [2.24, 2.45) is 11.8 Å². The Bertz CT molecular complexity index is 761. The number of methoxy groups -OCH3 is 1. The standard InChI is InChI=1S/C21H27NO6/c1-13(23)14-8-9-17(18(11-14)27-2)28-10-4-7-19(24)22-12-15-5-3-6-16(15)20(22)21(25)26/h8-9,11,15-16,20H,3-7,10,12H2,1-2H3,(H,25,26). The SMILES string of the molecule is COc1cc(C(C)=O)ccc1OCCCC(=O)N1CC2CCCC2C1C(=O)O. The number of nitrogens with zero attached hydrogens (tertiary/aromatic N) is 1. The lowest BCUT2D eigenvalue weighted by atomic mass is 9.94. The largest absolute Gasteiger partial charge is 0.493 e. The summed E-state index contributed by atoms with van der Waals surface area (Å²) in [5.74, 6) is 0.334. The highest BCUT2D eigenvalue weighted by atomic mass is 16.5. The molecule has 3 atom stereocenters. The smallest absolute Gasteiger partial charge is 0.326 e. The number of ketones is 1. The molecular formula is C21H27NO6. The molecule has 3 unspecified atom stereocenters. The Morgan fingerprint density at radius 2 is 2.00 bits per heavy atom. The van der Waals surface area contributed by atoms with Gasteiger partial charge in [-0.2, -0.15) is 0 Å². The first-order valence-corrected chi connectivity index (χ1v) is 9.76. The maximum Gasteiger partial charge on any atom is 0.326 e. The Kier molecular flexibility index (Phi) is 6.21. The fourth-order valence-electron chi connectivity index (χ4n) is 4.43. The molecule has 0 aromatic heterocycles. The van der Waals surface area contributed by atoms with E-state index >= 15 is 0 Å². The fourth-order valence-corrected chi connectivity index (χ4v) is 4.43. The van der Waals surface area contributed by atoms with Crippen molar-refractivity contribution in [3.05, 3.63) is 23.8 Å². The highest BCUT2D eigenvalue weighted by Gasteiger charge is 2.49. The Morgan fingerprint density at radius 1 is 1.21 bits per heavy atom. The van der Waals surface area contributed by atoms with E-state index in [1.807, 2.05) is 0 Å². The topological polar surface area (TPSA) is 93.1 Å². The van der Waals surface area contributed by atoms with Crippen LogP contribution in [0.1, 0.15) is 49.4 Å². The predicted molar refractivity (Wildman–Crippen MR) is 102 cm³/mol. The van der Waals surface area contributed by atoms with Crippen LogP contribution < -0.4 is 9.47 Å². The average Bonchev–Trinajstić information content (AvgIpc) is 3.25. The summed E-state index contributed by atoms with van der Waals surface area (Å²) in [7, 11) is 1.51. The van der Waals surface area contributed by atoms with Gasteiger partial charge in [0.05, 0.1) is 13.7 Å². The summed E-state index contributed by atoms with van der Waals surface area (Å²) in [5, 5.41) is 9.56. The summed E-state index contributed by atoms with van der Waals surface area (Å²) in [4.78, 5) is 37.3. The molecule has 0 bridgehead atoms. The number of likely N-dealkylation sites (tertiary alicyclic amines) is 1. The molecule has 7 nitrogen and oxygen atoms in total. The molecule has 1 saturated heterocycles. The van der Waals surface area contributed by atoms with Gasteiger partial charge < -0.3 is 19.5 Å². The van der Waals surface area contributed by atoms with Gasteiger partial charge in [-0.25, -0.2) is 4.79 Å². The van der Waals surface area contributed by atoms with Gasteiger partial charge in [-0.3, -0.25) is 9.59 Å². The summed E-state index contributed by atoms with van der Waals surface area (Å²) in [6.07, 6.45) is 3.69. The maximum atomic E-state index is 12.6. The van der Waals surface area contributed by atoms with Crippen molar-refractivity contribution in [1.82, 2.24) is 4.90 Å². The number of carboxylic acid groups (broad SMARTS) is 1. The number of rotatable bonds is 8. The maximum absolute atomic E-state index is 12.6. The lowest BCUT2D eigenvalue weighted by Gasteiger charge is -2.24. The molecule has 2 aliphatic rings. The second-order valence-electron chi connectivity index (χ2n) is 7.56. The highest BCUT2D eigenvalue weighted by molar-refractivity contribution is 5.94. The zero-order valence-corrected chi connectivity index (χ0v) is 16.3. The minimum absolute atomic E-state index is 0.0567. The van der Waals surface area contributed by atoms with Gasteiger partial charge >= 0.3 is 5.97 Å². The van der Waals surface area contributed by atoms with Crippen LogP contribution in [0.15, 0.2) is 18.2 Å². The van der Waals surface area contributed by atoms with Gasteiger partial charge in [0, 0.05) is 18.5 Å². The number of fused-ring (bicyclic) bond motifs is 1. The van der Waals surface area contributed by atoms with Crippen LogP contribution in [0.2, 0.25) is 0 Å². The molecule has 0 radical (unpaired) electrons. The molecule has 1 aliphatic heterocycles. The van der Waals surface area contributed by atoms with E-state index < -0.39 is 12.0 Å². The molecule has 1 aromatic carbocycles. The Hall–Kier alpha value is -2.57.